The first kappa shape index (κ1) is 67.8. The van der Waals surface area contributed by atoms with Gasteiger partial charge in [0, 0.05) is 19.3 Å². The highest BCUT2D eigenvalue weighted by atomic mass is 16.6. The summed E-state index contributed by atoms with van der Waals surface area (Å²) in [6.45, 7) is 6.51. The van der Waals surface area contributed by atoms with Gasteiger partial charge in [-0.1, -0.05) is 267 Å². The van der Waals surface area contributed by atoms with Gasteiger partial charge in [-0.15, -0.1) is 0 Å². The van der Waals surface area contributed by atoms with Gasteiger partial charge in [-0.25, -0.2) is 0 Å². The fraction of sp³-hybridized carbons (Fsp3) is 0.769. The van der Waals surface area contributed by atoms with Crippen molar-refractivity contribution in [3.8, 4) is 0 Å². The number of rotatable bonds is 55. The Kier molecular flexibility index (Phi) is 56.8. The van der Waals surface area contributed by atoms with E-state index in [1.165, 1.54) is 161 Å². The molecule has 1 unspecified atom stereocenters. The molecule has 410 valence electrons. The molecule has 0 amide bonds. The molecule has 0 fully saturated rings. The molecule has 0 radical (unpaired) electrons. The van der Waals surface area contributed by atoms with Crippen molar-refractivity contribution in [1.82, 2.24) is 0 Å². The first-order valence-electron chi connectivity index (χ1n) is 30.4. The monoisotopic (exact) mass is 991 g/mol. The lowest BCUT2D eigenvalue weighted by Crippen LogP contribution is -2.30. The number of allylic oxidation sites excluding steroid dienone is 12. The van der Waals surface area contributed by atoms with Gasteiger partial charge < -0.3 is 14.2 Å². The lowest BCUT2D eigenvalue weighted by atomic mass is 10.0. The lowest BCUT2D eigenvalue weighted by molar-refractivity contribution is -0.167. The molecule has 0 N–H and O–H groups in total. The van der Waals surface area contributed by atoms with Gasteiger partial charge in [0.1, 0.15) is 13.2 Å². The molecule has 0 aromatic rings. The zero-order chi connectivity index (χ0) is 51.4. The second-order valence-electron chi connectivity index (χ2n) is 20.2. The first-order valence-corrected chi connectivity index (χ1v) is 30.4. The van der Waals surface area contributed by atoms with Gasteiger partial charge in [0.2, 0.25) is 0 Å². The lowest BCUT2D eigenvalue weighted by Gasteiger charge is -2.18. The summed E-state index contributed by atoms with van der Waals surface area (Å²) in [5, 5.41) is 0. The second-order valence-corrected chi connectivity index (χ2v) is 20.2. The van der Waals surface area contributed by atoms with Gasteiger partial charge >= 0.3 is 17.9 Å². The Bertz CT molecular complexity index is 1320. The Hall–Kier alpha value is -3.15. The number of ether oxygens (including phenoxy) is 3. The molecule has 71 heavy (non-hydrogen) atoms. The van der Waals surface area contributed by atoms with Gasteiger partial charge in [0.15, 0.2) is 6.10 Å². The van der Waals surface area contributed by atoms with Crippen LogP contribution in [0.5, 0.6) is 0 Å². The van der Waals surface area contributed by atoms with Crippen molar-refractivity contribution in [2.45, 2.75) is 309 Å². The van der Waals surface area contributed by atoms with Gasteiger partial charge in [0.25, 0.3) is 0 Å². The molecular weight excluding hydrogens is 877 g/mol. The van der Waals surface area contributed by atoms with Crippen molar-refractivity contribution in [2.75, 3.05) is 13.2 Å². The molecular formula is C65H114O6. The summed E-state index contributed by atoms with van der Waals surface area (Å²) in [6, 6.07) is 0. The maximum absolute atomic E-state index is 12.9. The molecule has 0 heterocycles. The third kappa shape index (κ3) is 57.6. The first-order chi connectivity index (χ1) is 35.0. The van der Waals surface area contributed by atoms with E-state index >= 15 is 0 Å². The highest BCUT2D eigenvalue weighted by Gasteiger charge is 2.19. The van der Waals surface area contributed by atoms with Crippen LogP contribution in [0.3, 0.4) is 0 Å². The standard InChI is InChI=1S/C65H114O6/c1-4-7-10-13-16-19-21-23-25-27-29-30-31-32-33-34-36-37-39-41-43-46-49-52-55-58-64(67)70-61-62(60-69-63(66)57-54-51-48-45-18-15-12-9-6-3)71-65(68)59-56-53-50-47-44-42-40-38-35-28-26-24-22-20-17-14-11-8-5-2/h8,11,17,20-21,23-24,26-27,29,35,38,62H,4-7,9-10,12-16,18-19,22,25,28,30-34,36-37,39-61H2,1-3H3/b11-8-,20-17-,23-21-,26-24-,29-27-,38-35-. The van der Waals surface area contributed by atoms with E-state index in [2.05, 4.69) is 93.7 Å². The van der Waals surface area contributed by atoms with Gasteiger partial charge in [0.05, 0.1) is 0 Å². The zero-order valence-electron chi connectivity index (χ0n) is 47.0. The minimum atomic E-state index is -0.781. The number of hydrogen-bond acceptors (Lipinski definition) is 6. The fourth-order valence-corrected chi connectivity index (χ4v) is 8.64. The Balaban J connectivity index is 4.23. The molecule has 0 aromatic heterocycles. The van der Waals surface area contributed by atoms with E-state index in [0.717, 1.165) is 103 Å². The number of carbonyl (C=O) groups is 3. The Morgan fingerprint density at radius 2 is 0.549 bits per heavy atom. The number of hydrogen-bond donors (Lipinski definition) is 0. The summed E-state index contributed by atoms with van der Waals surface area (Å²) >= 11 is 0. The molecule has 0 aliphatic carbocycles. The van der Waals surface area contributed by atoms with E-state index in [1.807, 2.05) is 0 Å². The third-order valence-electron chi connectivity index (χ3n) is 13.2. The Labute approximate surface area is 440 Å². The van der Waals surface area contributed by atoms with Crippen molar-refractivity contribution in [2.24, 2.45) is 0 Å². The van der Waals surface area contributed by atoms with Crippen LogP contribution in [-0.2, 0) is 28.6 Å². The van der Waals surface area contributed by atoms with Crippen molar-refractivity contribution in [3.63, 3.8) is 0 Å². The summed E-state index contributed by atoms with van der Waals surface area (Å²) in [6.07, 6.45) is 76.2. The highest BCUT2D eigenvalue weighted by Crippen LogP contribution is 2.16. The molecule has 0 bridgehead atoms. The maximum atomic E-state index is 12.9. The van der Waals surface area contributed by atoms with Crippen molar-refractivity contribution in [3.05, 3.63) is 72.9 Å². The van der Waals surface area contributed by atoms with Crippen LogP contribution in [0.4, 0.5) is 0 Å². The topological polar surface area (TPSA) is 78.9 Å². The van der Waals surface area contributed by atoms with Gasteiger partial charge in [-0.3, -0.25) is 14.4 Å². The van der Waals surface area contributed by atoms with Crippen LogP contribution in [0.1, 0.15) is 303 Å². The van der Waals surface area contributed by atoms with E-state index in [-0.39, 0.29) is 31.1 Å². The van der Waals surface area contributed by atoms with E-state index in [0.29, 0.717) is 19.3 Å². The SMILES string of the molecule is CC/C=C\C/C=C\C/C=C\C/C=C\CCCCCCCCC(=O)OC(COC(=O)CCCCCCCCCCC)COC(=O)CCCCCCCCCCCCCCC/C=C\C/C=C\CCCCCCC. The average molecular weight is 992 g/mol. The number of esters is 3. The zero-order valence-corrected chi connectivity index (χ0v) is 47.0. The smallest absolute Gasteiger partial charge is 0.306 e. The largest absolute Gasteiger partial charge is 0.462 e. The predicted octanol–water partition coefficient (Wildman–Crippen LogP) is 20.5. The average Bonchev–Trinajstić information content (AvgIpc) is 3.37. The van der Waals surface area contributed by atoms with Crippen LogP contribution in [0.25, 0.3) is 0 Å². The van der Waals surface area contributed by atoms with E-state index in [4.69, 9.17) is 14.2 Å². The van der Waals surface area contributed by atoms with Crippen LogP contribution in [0.2, 0.25) is 0 Å². The summed E-state index contributed by atoms with van der Waals surface area (Å²) in [7, 11) is 0. The Morgan fingerprint density at radius 1 is 0.296 bits per heavy atom. The second kappa shape index (κ2) is 59.4. The maximum Gasteiger partial charge on any atom is 0.306 e. The van der Waals surface area contributed by atoms with Crippen molar-refractivity contribution < 1.29 is 28.6 Å². The van der Waals surface area contributed by atoms with E-state index < -0.39 is 6.10 Å². The quantitative estimate of drug-likeness (QED) is 0.0261. The molecule has 6 nitrogen and oxygen atoms in total. The van der Waals surface area contributed by atoms with Crippen LogP contribution in [0, 0.1) is 0 Å². The van der Waals surface area contributed by atoms with Crippen LogP contribution < -0.4 is 0 Å². The molecule has 0 aliphatic rings. The molecule has 0 saturated heterocycles. The van der Waals surface area contributed by atoms with Gasteiger partial charge in [-0.05, 0) is 89.9 Å². The summed E-state index contributed by atoms with van der Waals surface area (Å²) in [5.74, 6) is -0.886. The third-order valence-corrected chi connectivity index (χ3v) is 13.2. The summed E-state index contributed by atoms with van der Waals surface area (Å²) < 4.78 is 16.8. The Morgan fingerprint density at radius 3 is 0.859 bits per heavy atom. The minimum Gasteiger partial charge on any atom is -0.462 e. The molecule has 0 aromatic carbocycles. The summed E-state index contributed by atoms with van der Waals surface area (Å²) in [5.41, 5.74) is 0. The number of unbranched alkanes of at least 4 members (excludes halogenated alkanes) is 32. The van der Waals surface area contributed by atoms with Crippen molar-refractivity contribution >= 4 is 17.9 Å². The molecule has 0 aliphatic heterocycles. The molecule has 0 saturated carbocycles. The number of carbonyl (C=O) groups excluding carboxylic acids is 3. The van der Waals surface area contributed by atoms with Crippen LogP contribution in [-0.4, -0.2) is 37.2 Å². The molecule has 0 spiro atoms. The van der Waals surface area contributed by atoms with Gasteiger partial charge in [-0.2, -0.15) is 0 Å². The summed E-state index contributed by atoms with van der Waals surface area (Å²) in [4.78, 5) is 38.1. The molecule has 0 rings (SSSR count). The molecule has 6 heteroatoms. The highest BCUT2D eigenvalue weighted by molar-refractivity contribution is 5.71. The fourth-order valence-electron chi connectivity index (χ4n) is 8.64. The van der Waals surface area contributed by atoms with E-state index in [1.54, 1.807) is 0 Å². The minimum absolute atomic E-state index is 0.0792. The van der Waals surface area contributed by atoms with Crippen molar-refractivity contribution in [1.29, 1.82) is 0 Å². The molecule has 1 atom stereocenters. The van der Waals surface area contributed by atoms with Crippen LogP contribution in [0.15, 0.2) is 72.9 Å². The van der Waals surface area contributed by atoms with E-state index in [9.17, 15) is 14.4 Å². The predicted molar refractivity (Wildman–Crippen MR) is 307 cm³/mol. The normalized spacial score (nSPS) is 12.5. The van der Waals surface area contributed by atoms with Crippen LogP contribution >= 0.6 is 0 Å².